The summed E-state index contributed by atoms with van der Waals surface area (Å²) in [4.78, 5) is 11.5. The van der Waals surface area contributed by atoms with Crippen LogP contribution in [0.1, 0.15) is 39.3 Å². The minimum atomic E-state index is -4.81. The SMILES string of the molecule is C.CC(C)(F)C[C@H](NC(c1ccc(-c2ccc(S(C)(=O)=O)cc2)cc1)C(F)(F)F)C(=O)O. The number of aliphatic carboxylic acids is 1. The van der Waals surface area contributed by atoms with E-state index < -0.39 is 46.2 Å². The Labute approximate surface area is 185 Å². The highest BCUT2D eigenvalue weighted by Crippen LogP contribution is 2.35. The van der Waals surface area contributed by atoms with E-state index in [0.717, 1.165) is 20.1 Å². The van der Waals surface area contributed by atoms with Crippen molar-refractivity contribution in [3.8, 4) is 11.1 Å². The van der Waals surface area contributed by atoms with Crippen molar-refractivity contribution < 1.29 is 35.9 Å². The largest absolute Gasteiger partial charge is 0.480 e. The Morgan fingerprint density at radius 3 is 1.75 bits per heavy atom. The van der Waals surface area contributed by atoms with E-state index in [9.17, 15) is 35.9 Å². The van der Waals surface area contributed by atoms with Crippen molar-refractivity contribution >= 4 is 15.8 Å². The van der Waals surface area contributed by atoms with Crippen molar-refractivity contribution in [1.82, 2.24) is 5.32 Å². The number of carbonyl (C=O) groups is 1. The second-order valence-electron chi connectivity index (χ2n) is 7.87. The monoisotopic (exact) mass is 477 g/mol. The summed E-state index contributed by atoms with van der Waals surface area (Å²) in [5.41, 5.74) is -1.07. The Bertz CT molecular complexity index is 1010. The van der Waals surface area contributed by atoms with Crippen LogP contribution in [0, 0.1) is 0 Å². The van der Waals surface area contributed by atoms with Gasteiger partial charge in [-0.25, -0.2) is 12.8 Å². The van der Waals surface area contributed by atoms with Gasteiger partial charge in [0.15, 0.2) is 9.84 Å². The van der Waals surface area contributed by atoms with Gasteiger partial charge in [0.1, 0.15) is 17.8 Å². The average molecular weight is 478 g/mol. The number of hydrogen-bond donors (Lipinski definition) is 2. The van der Waals surface area contributed by atoms with Gasteiger partial charge in [0.2, 0.25) is 0 Å². The van der Waals surface area contributed by atoms with Crippen LogP contribution >= 0.6 is 0 Å². The number of rotatable bonds is 8. The molecular formula is C22H27F4NO4S. The van der Waals surface area contributed by atoms with Gasteiger partial charge in [-0.2, -0.15) is 13.2 Å². The third-order valence-corrected chi connectivity index (χ3v) is 5.67. The maximum absolute atomic E-state index is 13.9. The molecule has 0 aromatic heterocycles. The molecule has 0 radical (unpaired) electrons. The molecule has 0 aliphatic rings. The van der Waals surface area contributed by atoms with Crippen LogP contribution in [0.25, 0.3) is 11.1 Å². The van der Waals surface area contributed by atoms with Crippen LogP contribution in [0.2, 0.25) is 0 Å². The molecule has 0 aliphatic carbocycles. The zero-order valence-electron chi connectivity index (χ0n) is 17.1. The first-order valence-electron chi connectivity index (χ1n) is 9.23. The molecule has 0 heterocycles. The second kappa shape index (κ2) is 9.99. The summed E-state index contributed by atoms with van der Waals surface area (Å²) in [6.45, 7) is 2.19. The van der Waals surface area contributed by atoms with Crippen molar-refractivity contribution in [2.75, 3.05) is 6.26 Å². The summed E-state index contributed by atoms with van der Waals surface area (Å²) in [5.74, 6) is -1.58. The van der Waals surface area contributed by atoms with E-state index in [0.29, 0.717) is 11.1 Å². The molecule has 5 nitrogen and oxygen atoms in total. The molecule has 2 atom stereocenters. The highest BCUT2D eigenvalue weighted by Gasteiger charge is 2.43. The molecule has 0 spiro atoms. The van der Waals surface area contributed by atoms with Crippen LogP contribution < -0.4 is 5.32 Å². The third-order valence-electron chi connectivity index (χ3n) is 4.54. The van der Waals surface area contributed by atoms with Gasteiger partial charge in [-0.15, -0.1) is 0 Å². The lowest BCUT2D eigenvalue weighted by atomic mass is 9.97. The highest BCUT2D eigenvalue weighted by atomic mass is 32.2. The smallest absolute Gasteiger partial charge is 0.407 e. The van der Waals surface area contributed by atoms with Gasteiger partial charge in [0.05, 0.1) is 4.90 Å². The Hall–Kier alpha value is -2.46. The number of benzene rings is 2. The third kappa shape index (κ3) is 7.59. The predicted octanol–water partition coefficient (Wildman–Crippen LogP) is 5.18. The van der Waals surface area contributed by atoms with Crippen LogP contribution in [-0.2, 0) is 14.6 Å². The summed E-state index contributed by atoms with van der Waals surface area (Å²) < 4.78 is 77.9. The number of nitrogens with one attached hydrogen (secondary N) is 1. The van der Waals surface area contributed by atoms with Crippen LogP contribution in [0.4, 0.5) is 17.6 Å². The van der Waals surface area contributed by atoms with Gasteiger partial charge in [-0.3, -0.25) is 10.1 Å². The predicted molar refractivity (Wildman–Crippen MR) is 115 cm³/mol. The van der Waals surface area contributed by atoms with Crippen LogP contribution in [0.5, 0.6) is 0 Å². The van der Waals surface area contributed by atoms with Crippen LogP contribution in [0.3, 0.4) is 0 Å². The molecule has 2 aromatic carbocycles. The number of sulfone groups is 1. The van der Waals surface area contributed by atoms with Crippen molar-refractivity contribution in [3.05, 3.63) is 54.1 Å². The number of hydrogen-bond acceptors (Lipinski definition) is 4. The lowest BCUT2D eigenvalue weighted by Gasteiger charge is -2.28. The minimum absolute atomic E-state index is 0. The lowest BCUT2D eigenvalue weighted by Crippen LogP contribution is -2.47. The van der Waals surface area contributed by atoms with Gasteiger partial charge >= 0.3 is 12.1 Å². The summed E-state index contributed by atoms with van der Waals surface area (Å²) in [6.07, 6.45) is -4.39. The first-order valence-corrected chi connectivity index (χ1v) is 11.1. The Balaban J connectivity index is 0.00000512. The van der Waals surface area contributed by atoms with Crippen molar-refractivity contribution in [2.24, 2.45) is 0 Å². The molecule has 10 heteroatoms. The summed E-state index contributed by atoms with van der Waals surface area (Å²) in [5, 5.41) is 11.2. The zero-order chi connectivity index (χ0) is 23.6. The topological polar surface area (TPSA) is 83.5 Å². The van der Waals surface area contributed by atoms with E-state index in [1.54, 1.807) is 0 Å². The molecular weight excluding hydrogens is 450 g/mol. The number of halogens is 4. The second-order valence-corrected chi connectivity index (χ2v) is 9.89. The maximum Gasteiger partial charge on any atom is 0.407 e. The fourth-order valence-corrected chi connectivity index (χ4v) is 3.68. The van der Waals surface area contributed by atoms with Gasteiger partial charge in [0, 0.05) is 12.7 Å². The molecule has 2 N–H and O–H groups in total. The van der Waals surface area contributed by atoms with E-state index >= 15 is 0 Å². The fourth-order valence-electron chi connectivity index (χ4n) is 3.05. The first-order chi connectivity index (χ1) is 14.1. The minimum Gasteiger partial charge on any atom is -0.480 e. The molecule has 0 saturated heterocycles. The molecule has 32 heavy (non-hydrogen) atoms. The number of alkyl halides is 4. The first kappa shape index (κ1) is 27.6. The summed E-state index contributed by atoms with van der Waals surface area (Å²) >= 11 is 0. The van der Waals surface area contributed by atoms with Gasteiger partial charge in [-0.05, 0) is 42.7 Å². The molecule has 0 fully saturated rings. The molecule has 0 aliphatic heterocycles. The molecule has 0 amide bonds. The van der Waals surface area contributed by atoms with Crippen molar-refractivity contribution in [3.63, 3.8) is 0 Å². The van der Waals surface area contributed by atoms with Gasteiger partial charge in [0.25, 0.3) is 0 Å². The summed E-state index contributed by atoms with van der Waals surface area (Å²) in [6, 6.07) is 7.05. The zero-order valence-corrected chi connectivity index (χ0v) is 17.9. The molecule has 0 bridgehead atoms. The maximum atomic E-state index is 13.9. The quantitative estimate of drug-likeness (QED) is 0.512. The van der Waals surface area contributed by atoms with Crippen molar-refractivity contribution in [2.45, 2.75) is 56.5 Å². The summed E-state index contributed by atoms with van der Waals surface area (Å²) in [7, 11) is -3.38. The molecule has 0 saturated carbocycles. The van der Waals surface area contributed by atoms with Gasteiger partial charge in [-0.1, -0.05) is 43.8 Å². The van der Waals surface area contributed by atoms with Gasteiger partial charge < -0.3 is 5.11 Å². The van der Waals surface area contributed by atoms with Crippen LogP contribution in [-0.4, -0.2) is 43.6 Å². The number of carboxylic acids is 1. The Morgan fingerprint density at radius 1 is 0.969 bits per heavy atom. The standard InChI is InChI=1S/C21H23F4NO4S.CH4/c1-20(2,22)12-17(19(27)28)26-18(21(23,24)25)15-6-4-13(5-7-15)14-8-10-16(11-9-14)31(3,29)30;/h4-11,17-18,26H,12H2,1-3H3,(H,27,28);1H4/t17-,18?;/m0./s1. The van der Waals surface area contributed by atoms with E-state index in [4.69, 9.17) is 0 Å². The van der Waals surface area contributed by atoms with E-state index in [1.165, 1.54) is 48.5 Å². The highest BCUT2D eigenvalue weighted by molar-refractivity contribution is 7.90. The van der Waals surface area contributed by atoms with E-state index in [2.05, 4.69) is 0 Å². The fraction of sp³-hybridized carbons (Fsp3) is 0.409. The average Bonchev–Trinajstić information content (AvgIpc) is 2.62. The van der Waals surface area contributed by atoms with E-state index in [-0.39, 0.29) is 17.9 Å². The number of carboxylic acid groups (broad SMARTS) is 1. The van der Waals surface area contributed by atoms with Crippen molar-refractivity contribution in [1.29, 1.82) is 0 Å². The molecule has 1 unspecified atom stereocenters. The molecule has 178 valence electrons. The Kier molecular flexibility index (Phi) is 8.61. The van der Waals surface area contributed by atoms with Crippen LogP contribution in [0.15, 0.2) is 53.4 Å². The lowest BCUT2D eigenvalue weighted by molar-refractivity contribution is -0.164. The Morgan fingerprint density at radius 2 is 1.41 bits per heavy atom. The molecule has 2 rings (SSSR count). The van der Waals surface area contributed by atoms with E-state index in [1.807, 2.05) is 5.32 Å². The molecule has 2 aromatic rings. The normalized spacial score (nSPS) is 14.3.